The van der Waals surface area contributed by atoms with E-state index in [1.165, 1.54) is 5.56 Å². The highest BCUT2D eigenvalue weighted by Crippen LogP contribution is 2.26. The average Bonchev–Trinajstić information content (AvgIpc) is 2.47. The zero-order valence-electron chi connectivity index (χ0n) is 12.0. The Morgan fingerprint density at radius 2 is 1.65 bits per heavy atom. The molecule has 0 aliphatic rings. The van der Waals surface area contributed by atoms with Crippen molar-refractivity contribution in [3.8, 4) is 6.07 Å². The van der Waals surface area contributed by atoms with Crippen LogP contribution in [0.15, 0.2) is 54.6 Å². The van der Waals surface area contributed by atoms with Crippen molar-refractivity contribution >= 4 is 5.69 Å². The first-order chi connectivity index (χ1) is 9.70. The van der Waals surface area contributed by atoms with E-state index in [0.29, 0.717) is 12.3 Å². The molecule has 0 radical (unpaired) electrons. The van der Waals surface area contributed by atoms with Crippen LogP contribution in [0.5, 0.6) is 0 Å². The van der Waals surface area contributed by atoms with E-state index in [1.54, 1.807) is 0 Å². The summed E-state index contributed by atoms with van der Waals surface area (Å²) in [5, 5.41) is 12.3. The molecule has 2 heteroatoms. The molecule has 2 rings (SSSR count). The van der Waals surface area contributed by atoms with Crippen molar-refractivity contribution in [3.05, 3.63) is 65.7 Å². The number of anilines is 1. The smallest absolute Gasteiger partial charge is 0.0669 e. The van der Waals surface area contributed by atoms with E-state index in [2.05, 4.69) is 49.5 Å². The van der Waals surface area contributed by atoms with Gasteiger partial charge in [0, 0.05) is 5.69 Å². The summed E-state index contributed by atoms with van der Waals surface area (Å²) in [6.07, 6.45) is 0.465. The van der Waals surface area contributed by atoms with Crippen LogP contribution in [0, 0.1) is 17.2 Å². The minimum Gasteiger partial charge on any atom is -0.378 e. The Morgan fingerprint density at radius 1 is 1.00 bits per heavy atom. The molecule has 0 aliphatic carbocycles. The molecular weight excluding hydrogens is 244 g/mol. The van der Waals surface area contributed by atoms with Crippen molar-refractivity contribution < 1.29 is 0 Å². The molecule has 0 amide bonds. The van der Waals surface area contributed by atoms with E-state index in [-0.39, 0.29) is 6.04 Å². The summed E-state index contributed by atoms with van der Waals surface area (Å²) in [5.41, 5.74) is 3.44. The molecule has 0 spiro atoms. The molecule has 0 bridgehead atoms. The lowest BCUT2D eigenvalue weighted by atomic mass is 9.95. The van der Waals surface area contributed by atoms with E-state index in [0.717, 1.165) is 11.3 Å². The first kappa shape index (κ1) is 14.1. The molecule has 2 aromatic carbocycles. The Bertz CT molecular complexity index is 565. The summed E-state index contributed by atoms with van der Waals surface area (Å²) in [4.78, 5) is 0. The van der Waals surface area contributed by atoms with Gasteiger partial charge in [-0.1, -0.05) is 56.3 Å². The molecule has 20 heavy (non-hydrogen) atoms. The van der Waals surface area contributed by atoms with Gasteiger partial charge in [0.25, 0.3) is 0 Å². The van der Waals surface area contributed by atoms with Gasteiger partial charge in [-0.2, -0.15) is 5.26 Å². The molecule has 1 N–H and O–H groups in total. The van der Waals surface area contributed by atoms with Gasteiger partial charge in [0.2, 0.25) is 0 Å². The molecule has 102 valence electrons. The third kappa shape index (κ3) is 3.61. The number of rotatable bonds is 5. The Kier molecular flexibility index (Phi) is 4.79. The van der Waals surface area contributed by atoms with Crippen molar-refractivity contribution in [2.75, 3.05) is 5.32 Å². The second kappa shape index (κ2) is 6.77. The lowest BCUT2D eigenvalue weighted by molar-refractivity contribution is 0.546. The van der Waals surface area contributed by atoms with Gasteiger partial charge in [-0.15, -0.1) is 0 Å². The summed E-state index contributed by atoms with van der Waals surface area (Å²) in [6, 6.07) is 21.1. The lowest BCUT2D eigenvalue weighted by Gasteiger charge is -2.24. The van der Waals surface area contributed by atoms with Gasteiger partial charge in [-0.05, 0) is 29.2 Å². The van der Waals surface area contributed by atoms with Crippen LogP contribution in [0.2, 0.25) is 0 Å². The zero-order chi connectivity index (χ0) is 14.4. The van der Waals surface area contributed by atoms with Crippen LogP contribution in [-0.4, -0.2) is 0 Å². The fourth-order valence-electron chi connectivity index (χ4n) is 2.28. The first-order valence-electron chi connectivity index (χ1n) is 6.98. The van der Waals surface area contributed by atoms with Gasteiger partial charge in [-0.3, -0.25) is 0 Å². The molecule has 1 unspecified atom stereocenters. The van der Waals surface area contributed by atoms with Gasteiger partial charge in [0.15, 0.2) is 0 Å². The summed E-state index contributed by atoms with van der Waals surface area (Å²) in [7, 11) is 0. The SMILES string of the molecule is CC(C)C(Nc1ccc(CC#N)cc1)c1ccccc1. The first-order valence-corrected chi connectivity index (χ1v) is 6.98. The molecule has 2 aromatic rings. The highest BCUT2D eigenvalue weighted by atomic mass is 14.9. The van der Waals surface area contributed by atoms with E-state index in [4.69, 9.17) is 5.26 Å². The highest BCUT2D eigenvalue weighted by Gasteiger charge is 2.15. The van der Waals surface area contributed by atoms with Crippen molar-refractivity contribution in [3.63, 3.8) is 0 Å². The van der Waals surface area contributed by atoms with E-state index in [1.807, 2.05) is 30.3 Å². The lowest BCUT2D eigenvalue weighted by Crippen LogP contribution is -2.16. The third-order valence-corrected chi connectivity index (χ3v) is 3.38. The molecule has 0 aromatic heterocycles. The molecular formula is C18H20N2. The Labute approximate surface area is 121 Å². The number of nitrogens with one attached hydrogen (secondary N) is 1. The van der Waals surface area contributed by atoms with Gasteiger partial charge < -0.3 is 5.32 Å². The van der Waals surface area contributed by atoms with Gasteiger partial charge >= 0.3 is 0 Å². The normalized spacial score (nSPS) is 11.9. The van der Waals surface area contributed by atoms with Gasteiger partial charge in [-0.25, -0.2) is 0 Å². The van der Waals surface area contributed by atoms with Crippen LogP contribution >= 0.6 is 0 Å². The quantitative estimate of drug-likeness (QED) is 0.859. The van der Waals surface area contributed by atoms with Crippen LogP contribution < -0.4 is 5.32 Å². The molecule has 2 nitrogen and oxygen atoms in total. The number of hydrogen-bond donors (Lipinski definition) is 1. The van der Waals surface area contributed by atoms with Crippen LogP contribution in [0.25, 0.3) is 0 Å². The number of nitriles is 1. The molecule has 0 fully saturated rings. The molecule has 0 saturated carbocycles. The maximum Gasteiger partial charge on any atom is 0.0669 e. The summed E-state index contributed by atoms with van der Waals surface area (Å²) < 4.78 is 0. The fourth-order valence-corrected chi connectivity index (χ4v) is 2.28. The van der Waals surface area contributed by atoms with Crippen LogP contribution in [0.1, 0.15) is 31.0 Å². The Balaban J connectivity index is 2.15. The Hall–Kier alpha value is -2.27. The number of benzene rings is 2. The summed E-state index contributed by atoms with van der Waals surface area (Å²) in [6.45, 7) is 4.43. The number of hydrogen-bond acceptors (Lipinski definition) is 2. The van der Waals surface area contributed by atoms with Gasteiger partial charge in [0.05, 0.1) is 18.5 Å². The molecule has 0 aliphatic heterocycles. The monoisotopic (exact) mass is 264 g/mol. The third-order valence-electron chi connectivity index (χ3n) is 3.38. The average molecular weight is 264 g/mol. The van der Waals surface area contributed by atoms with Crippen LogP contribution in [0.4, 0.5) is 5.69 Å². The van der Waals surface area contributed by atoms with Crippen LogP contribution in [-0.2, 0) is 6.42 Å². The maximum atomic E-state index is 8.69. The molecule has 0 heterocycles. The van der Waals surface area contributed by atoms with E-state index in [9.17, 15) is 0 Å². The minimum atomic E-state index is 0.290. The zero-order valence-corrected chi connectivity index (χ0v) is 12.0. The predicted octanol–water partition coefficient (Wildman–Crippen LogP) is 4.56. The second-order valence-electron chi connectivity index (χ2n) is 5.31. The minimum absolute atomic E-state index is 0.290. The van der Waals surface area contributed by atoms with Crippen molar-refractivity contribution in [1.82, 2.24) is 0 Å². The molecule has 0 saturated heterocycles. The van der Waals surface area contributed by atoms with Crippen LogP contribution in [0.3, 0.4) is 0 Å². The second-order valence-corrected chi connectivity index (χ2v) is 5.31. The van der Waals surface area contributed by atoms with E-state index >= 15 is 0 Å². The van der Waals surface area contributed by atoms with Gasteiger partial charge in [0.1, 0.15) is 0 Å². The predicted molar refractivity (Wildman–Crippen MR) is 83.4 cm³/mol. The maximum absolute atomic E-state index is 8.69. The van der Waals surface area contributed by atoms with E-state index < -0.39 is 0 Å². The topological polar surface area (TPSA) is 35.8 Å². The standard InChI is InChI=1S/C18H20N2/c1-14(2)18(16-6-4-3-5-7-16)20-17-10-8-15(9-11-17)12-13-19/h3-11,14,18,20H,12H2,1-2H3. The van der Waals surface area contributed by atoms with Crippen molar-refractivity contribution in [2.45, 2.75) is 26.3 Å². The Morgan fingerprint density at radius 3 is 2.20 bits per heavy atom. The fraction of sp³-hybridized carbons (Fsp3) is 0.278. The summed E-state index contributed by atoms with van der Waals surface area (Å²) in [5.74, 6) is 0.496. The van der Waals surface area contributed by atoms with Crippen molar-refractivity contribution in [2.24, 2.45) is 5.92 Å². The summed E-state index contributed by atoms with van der Waals surface area (Å²) >= 11 is 0. The highest BCUT2D eigenvalue weighted by molar-refractivity contribution is 5.47. The largest absolute Gasteiger partial charge is 0.378 e. The molecule has 1 atom stereocenters. The van der Waals surface area contributed by atoms with Crippen molar-refractivity contribution in [1.29, 1.82) is 5.26 Å². The number of nitrogens with zero attached hydrogens (tertiary/aromatic N) is 1.